The molecule has 1 aromatic heterocycles. The van der Waals surface area contributed by atoms with Crippen molar-refractivity contribution in [1.29, 1.82) is 5.26 Å². The lowest BCUT2D eigenvalue weighted by Crippen LogP contribution is -2.46. The van der Waals surface area contributed by atoms with E-state index in [-0.39, 0.29) is 11.4 Å². The van der Waals surface area contributed by atoms with E-state index in [0.29, 0.717) is 11.1 Å². The first-order chi connectivity index (χ1) is 13.6. The van der Waals surface area contributed by atoms with Crippen molar-refractivity contribution in [2.75, 3.05) is 0 Å². The van der Waals surface area contributed by atoms with E-state index in [1.165, 1.54) is 31.5 Å². The molecule has 10 heteroatoms. The number of amidine groups is 1. The average molecular weight is 403 g/mol. The second-order valence-electron chi connectivity index (χ2n) is 6.41. The van der Waals surface area contributed by atoms with Crippen molar-refractivity contribution in [3.05, 3.63) is 58.9 Å². The Morgan fingerprint density at radius 1 is 1.21 bits per heavy atom. The second-order valence-corrected chi connectivity index (χ2v) is 6.41. The SMILES string of the molecule is C[C@@]1(c2cc(C#Cc3cnc(C#N)nc3)ccc2F)C[C@@H](C(F)(F)F)N=C(N)O1. The molecule has 148 valence electrons. The van der Waals surface area contributed by atoms with Gasteiger partial charge in [0.25, 0.3) is 6.02 Å². The van der Waals surface area contributed by atoms with E-state index in [1.54, 1.807) is 6.07 Å². The lowest BCUT2D eigenvalue weighted by molar-refractivity contribution is -0.164. The molecule has 0 amide bonds. The Morgan fingerprint density at radius 3 is 2.48 bits per heavy atom. The molecule has 0 radical (unpaired) electrons. The summed E-state index contributed by atoms with van der Waals surface area (Å²) in [7, 11) is 0. The van der Waals surface area contributed by atoms with Crippen LogP contribution in [0.1, 0.15) is 35.9 Å². The summed E-state index contributed by atoms with van der Waals surface area (Å²) < 4.78 is 59.2. The largest absolute Gasteiger partial charge is 0.454 e. The molecule has 3 rings (SSSR count). The molecule has 0 saturated heterocycles. The minimum Gasteiger partial charge on any atom is -0.454 e. The summed E-state index contributed by atoms with van der Waals surface area (Å²) in [4.78, 5) is 10.8. The highest BCUT2D eigenvalue weighted by Crippen LogP contribution is 2.40. The van der Waals surface area contributed by atoms with Crippen LogP contribution < -0.4 is 5.73 Å². The molecule has 1 aliphatic rings. The van der Waals surface area contributed by atoms with E-state index in [2.05, 4.69) is 26.8 Å². The van der Waals surface area contributed by atoms with E-state index in [9.17, 15) is 17.6 Å². The van der Waals surface area contributed by atoms with Gasteiger partial charge in [-0.25, -0.2) is 19.4 Å². The number of aliphatic imine (C=N–C) groups is 1. The molecular weight excluding hydrogens is 390 g/mol. The maximum Gasteiger partial charge on any atom is 0.411 e. The second kappa shape index (κ2) is 7.40. The van der Waals surface area contributed by atoms with E-state index >= 15 is 0 Å². The summed E-state index contributed by atoms with van der Waals surface area (Å²) in [5.41, 5.74) is 4.37. The molecule has 2 aromatic rings. The van der Waals surface area contributed by atoms with Crippen molar-refractivity contribution >= 4 is 6.02 Å². The predicted molar refractivity (Wildman–Crippen MR) is 93.6 cm³/mol. The van der Waals surface area contributed by atoms with Crippen molar-refractivity contribution in [2.45, 2.75) is 31.2 Å². The maximum absolute atomic E-state index is 14.5. The number of aromatic nitrogens is 2. The van der Waals surface area contributed by atoms with Gasteiger partial charge in [-0.1, -0.05) is 11.8 Å². The monoisotopic (exact) mass is 403 g/mol. The number of benzene rings is 1. The van der Waals surface area contributed by atoms with Gasteiger partial charge < -0.3 is 10.5 Å². The first-order valence-electron chi connectivity index (χ1n) is 8.24. The number of nitrogens with two attached hydrogens (primary N) is 1. The summed E-state index contributed by atoms with van der Waals surface area (Å²) in [5, 5.41) is 8.68. The van der Waals surface area contributed by atoms with Crippen LogP contribution in [0.15, 0.2) is 35.6 Å². The Morgan fingerprint density at radius 2 is 1.86 bits per heavy atom. The smallest absolute Gasteiger partial charge is 0.411 e. The summed E-state index contributed by atoms with van der Waals surface area (Å²) in [6.45, 7) is 1.32. The van der Waals surface area contributed by atoms with Crippen LogP contribution in [0.25, 0.3) is 0 Å². The zero-order valence-electron chi connectivity index (χ0n) is 15.0. The van der Waals surface area contributed by atoms with E-state index in [4.69, 9.17) is 15.7 Å². The third-order valence-electron chi connectivity index (χ3n) is 4.21. The molecule has 0 saturated carbocycles. The predicted octanol–water partition coefficient (Wildman–Crippen LogP) is 2.77. The van der Waals surface area contributed by atoms with Crippen LogP contribution >= 0.6 is 0 Å². The molecule has 29 heavy (non-hydrogen) atoms. The molecule has 2 atom stereocenters. The van der Waals surface area contributed by atoms with Crippen LogP contribution in [0, 0.1) is 29.0 Å². The van der Waals surface area contributed by atoms with Gasteiger partial charge in [-0.3, -0.25) is 0 Å². The highest BCUT2D eigenvalue weighted by Gasteiger charge is 2.49. The van der Waals surface area contributed by atoms with Gasteiger partial charge in [-0.05, 0) is 25.1 Å². The zero-order chi connectivity index (χ0) is 21.2. The molecule has 1 aromatic carbocycles. The number of nitriles is 1. The Hall–Kier alpha value is -3.66. The molecule has 0 spiro atoms. The van der Waals surface area contributed by atoms with Crippen molar-refractivity contribution in [1.82, 2.24) is 9.97 Å². The fourth-order valence-corrected chi connectivity index (χ4v) is 2.82. The van der Waals surface area contributed by atoms with Gasteiger partial charge in [-0.2, -0.15) is 18.4 Å². The van der Waals surface area contributed by atoms with Crippen molar-refractivity contribution in [3.8, 4) is 17.9 Å². The Bertz CT molecular complexity index is 1060. The molecule has 0 aliphatic carbocycles. The number of ether oxygens (including phenoxy) is 1. The number of hydrogen-bond donors (Lipinski definition) is 1. The van der Waals surface area contributed by atoms with Crippen LogP contribution in [-0.2, 0) is 10.3 Å². The van der Waals surface area contributed by atoms with Gasteiger partial charge in [-0.15, -0.1) is 0 Å². The first kappa shape index (κ1) is 20.1. The Balaban J connectivity index is 1.94. The molecule has 2 N–H and O–H groups in total. The quantitative estimate of drug-likeness (QED) is 0.583. The lowest BCUT2D eigenvalue weighted by Gasteiger charge is -2.37. The van der Waals surface area contributed by atoms with Gasteiger partial charge >= 0.3 is 6.18 Å². The van der Waals surface area contributed by atoms with Crippen molar-refractivity contribution in [2.24, 2.45) is 10.7 Å². The minimum absolute atomic E-state index is 0.0135. The highest BCUT2D eigenvalue weighted by molar-refractivity contribution is 5.73. The maximum atomic E-state index is 14.5. The molecule has 0 unspecified atom stereocenters. The number of hydrogen-bond acceptors (Lipinski definition) is 6. The average Bonchev–Trinajstić information content (AvgIpc) is 2.66. The third kappa shape index (κ3) is 4.43. The normalized spacial score (nSPS) is 21.2. The van der Waals surface area contributed by atoms with Gasteiger partial charge in [0.2, 0.25) is 5.82 Å². The summed E-state index contributed by atoms with van der Waals surface area (Å²) in [6.07, 6.45) is -2.58. The number of alkyl halides is 3. The van der Waals surface area contributed by atoms with Crippen molar-refractivity contribution < 1.29 is 22.3 Å². The topological polar surface area (TPSA) is 97.2 Å². The molecular formula is C19H13F4N5O. The van der Waals surface area contributed by atoms with Crippen LogP contribution in [0.4, 0.5) is 17.6 Å². The van der Waals surface area contributed by atoms with Gasteiger partial charge in [0, 0.05) is 29.9 Å². The number of rotatable bonds is 1. The van der Waals surface area contributed by atoms with Crippen LogP contribution in [-0.4, -0.2) is 28.2 Å². The van der Waals surface area contributed by atoms with Crippen LogP contribution in [0.3, 0.4) is 0 Å². The third-order valence-corrected chi connectivity index (χ3v) is 4.21. The van der Waals surface area contributed by atoms with Gasteiger partial charge in [0.05, 0.1) is 5.56 Å². The molecule has 0 bridgehead atoms. The Labute approximate surface area is 163 Å². The molecule has 1 aliphatic heterocycles. The first-order valence-corrected chi connectivity index (χ1v) is 8.24. The van der Waals surface area contributed by atoms with Gasteiger partial charge in [0.15, 0.2) is 6.04 Å². The fraction of sp³-hybridized carbons (Fsp3) is 0.263. The molecule has 2 heterocycles. The number of nitrogens with zero attached hydrogens (tertiary/aromatic N) is 4. The number of halogens is 4. The van der Waals surface area contributed by atoms with Crippen LogP contribution in [0.2, 0.25) is 0 Å². The van der Waals surface area contributed by atoms with Crippen LogP contribution in [0.5, 0.6) is 0 Å². The summed E-state index contributed by atoms with van der Waals surface area (Å²) in [5.74, 6) is 4.73. The Kier molecular flexibility index (Phi) is 5.12. The molecule has 6 nitrogen and oxygen atoms in total. The van der Waals surface area contributed by atoms with E-state index < -0.39 is 36.1 Å². The summed E-state index contributed by atoms with van der Waals surface area (Å²) >= 11 is 0. The highest BCUT2D eigenvalue weighted by atomic mass is 19.4. The standard InChI is InChI=1S/C19H13F4N5O/c1-18(7-15(19(21,22)23)28-17(25)29-18)13-6-11(4-5-14(13)20)2-3-12-9-26-16(8-24)27-10-12/h4-6,9-10,15H,7H2,1H3,(H2,25,28)/t15-,18-/m0/s1. The van der Waals surface area contributed by atoms with E-state index in [1.807, 2.05) is 0 Å². The minimum atomic E-state index is -4.64. The van der Waals surface area contributed by atoms with Crippen molar-refractivity contribution in [3.63, 3.8) is 0 Å². The molecule has 0 fully saturated rings. The van der Waals surface area contributed by atoms with E-state index in [0.717, 1.165) is 6.07 Å². The fourth-order valence-electron chi connectivity index (χ4n) is 2.82. The van der Waals surface area contributed by atoms with Gasteiger partial charge in [0.1, 0.15) is 17.5 Å². The summed E-state index contributed by atoms with van der Waals surface area (Å²) in [6, 6.07) is 2.78. The lowest BCUT2D eigenvalue weighted by atomic mass is 9.86. The zero-order valence-corrected chi connectivity index (χ0v) is 15.0.